The van der Waals surface area contributed by atoms with Crippen molar-refractivity contribution in [1.82, 2.24) is 0 Å². The lowest BCUT2D eigenvalue weighted by Gasteiger charge is -2.41. The second-order valence-electron chi connectivity index (χ2n) is 13.4. The topological polar surface area (TPSA) is 46.2 Å². The first-order chi connectivity index (χ1) is 24.4. The SMILES string of the molecule is COc1ccc(-c2cc3c4c(c2)-c2ccc(OC)cc2C4(c2ccc(OC)cc2)CC(C)(c2ccc(OC)cc2)c2cc(OC)ccc2-3)cc1. The van der Waals surface area contributed by atoms with Gasteiger partial charge in [0.1, 0.15) is 28.7 Å². The van der Waals surface area contributed by atoms with Crippen molar-refractivity contribution in [3.05, 3.63) is 149 Å². The van der Waals surface area contributed by atoms with Crippen molar-refractivity contribution in [2.24, 2.45) is 0 Å². The van der Waals surface area contributed by atoms with Gasteiger partial charge in [-0.2, -0.15) is 0 Å². The summed E-state index contributed by atoms with van der Waals surface area (Å²) in [5, 5.41) is 0. The van der Waals surface area contributed by atoms with Crippen molar-refractivity contribution in [2.75, 3.05) is 35.5 Å². The van der Waals surface area contributed by atoms with E-state index >= 15 is 0 Å². The molecule has 0 amide bonds. The summed E-state index contributed by atoms with van der Waals surface area (Å²) >= 11 is 0. The Morgan fingerprint density at radius 2 is 0.820 bits per heavy atom. The molecular weight excluding hydrogens is 620 g/mol. The number of methoxy groups -OCH3 is 5. The number of hydrogen-bond acceptors (Lipinski definition) is 5. The highest BCUT2D eigenvalue weighted by atomic mass is 16.5. The lowest BCUT2D eigenvalue weighted by Crippen LogP contribution is -2.36. The van der Waals surface area contributed by atoms with Crippen LogP contribution in [0.25, 0.3) is 33.4 Å². The molecule has 5 nitrogen and oxygen atoms in total. The van der Waals surface area contributed by atoms with Crippen LogP contribution in [-0.4, -0.2) is 35.5 Å². The molecule has 0 saturated carbocycles. The molecular formula is C45H40O5. The smallest absolute Gasteiger partial charge is 0.119 e. The van der Waals surface area contributed by atoms with Crippen molar-refractivity contribution in [2.45, 2.75) is 24.2 Å². The number of rotatable bonds is 8. The highest BCUT2D eigenvalue weighted by Crippen LogP contribution is 2.65. The Hall–Kier alpha value is -5.68. The van der Waals surface area contributed by atoms with E-state index in [0.717, 1.165) is 46.3 Å². The Labute approximate surface area is 294 Å². The predicted molar refractivity (Wildman–Crippen MR) is 199 cm³/mol. The van der Waals surface area contributed by atoms with Crippen molar-refractivity contribution in [3.8, 4) is 62.1 Å². The minimum absolute atomic E-state index is 0.475. The molecule has 0 heterocycles. The molecule has 0 spiro atoms. The van der Waals surface area contributed by atoms with Gasteiger partial charge < -0.3 is 23.7 Å². The van der Waals surface area contributed by atoms with E-state index in [2.05, 4.69) is 116 Å². The number of benzene rings is 6. The number of hydrogen-bond donors (Lipinski definition) is 0. The van der Waals surface area contributed by atoms with Crippen molar-refractivity contribution in [3.63, 3.8) is 0 Å². The van der Waals surface area contributed by atoms with Crippen LogP contribution in [-0.2, 0) is 10.8 Å². The second kappa shape index (κ2) is 12.0. The Balaban J connectivity index is 1.54. The van der Waals surface area contributed by atoms with Gasteiger partial charge in [-0.25, -0.2) is 0 Å². The van der Waals surface area contributed by atoms with Gasteiger partial charge in [0.05, 0.1) is 35.5 Å². The summed E-state index contributed by atoms with van der Waals surface area (Å²) < 4.78 is 28.7. The van der Waals surface area contributed by atoms with Gasteiger partial charge in [-0.15, -0.1) is 0 Å². The highest BCUT2D eigenvalue weighted by Gasteiger charge is 2.53. The normalized spacial score (nSPS) is 18.3. The summed E-state index contributed by atoms with van der Waals surface area (Å²) in [6, 6.07) is 43.4. The fraction of sp³-hybridized carbons (Fsp3) is 0.200. The zero-order valence-electron chi connectivity index (χ0n) is 29.3. The molecule has 5 heteroatoms. The molecule has 0 radical (unpaired) electrons. The molecule has 2 atom stereocenters. The highest BCUT2D eigenvalue weighted by molar-refractivity contribution is 5.96. The summed E-state index contributed by atoms with van der Waals surface area (Å²) in [4.78, 5) is 0. The molecule has 2 aliphatic rings. The van der Waals surface area contributed by atoms with Crippen LogP contribution in [0.1, 0.15) is 41.2 Å². The molecule has 0 saturated heterocycles. The van der Waals surface area contributed by atoms with Gasteiger partial charge in [0.15, 0.2) is 0 Å². The van der Waals surface area contributed by atoms with Crippen LogP contribution in [0.4, 0.5) is 0 Å². The monoisotopic (exact) mass is 660 g/mol. The Kier molecular flexibility index (Phi) is 7.60. The van der Waals surface area contributed by atoms with Gasteiger partial charge in [0.2, 0.25) is 0 Å². The van der Waals surface area contributed by atoms with Crippen molar-refractivity contribution >= 4 is 0 Å². The standard InChI is InChI=1S/C45H40O5/c1-44(30-9-15-33(47-3)16-10-30)27-45(31-11-17-34(48-4)18-12-31)42-26-36(50-6)20-22-38(42)40-24-29(28-7-13-32(46-2)14-8-28)23-39(43(40)45)37-21-19-35(49-5)25-41(37)44/h7-26H,27H2,1-6H3. The van der Waals surface area contributed by atoms with E-state index in [4.69, 9.17) is 23.7 Å². The molecule has 250 valence electrons. The molecule has 2 aliphatic carbocycles. The lowest BCUT2D eigenvalue weighted by atomic mass is 9.61. The van der Waals surface area contributed by atoms with Gasteiger partial charge in [-0.3, -0.25) is 0 Å². The minimum Gasteiger partial charge on any atom is -0.497 e. The Morgan fingerprint density at radius 3 is 1.32 bits per heavy atom. The maximum atomic E-state index is 5.93. The van der Waals surface area contributed by atoms with Crippen LogP contribution in [0.3, 0.4) is 0 Å². The summed E-state index contributed by atoms with van der Waals surface area (Å²) in [5.74, 6) is 4.14. The third-order valence-corrected chi connectivity index (χ3v) is 11.0. The fourth-order valence-electron chi connectivity index (χ4n) is 8.49. The molecule has 0 fully saturated rings. The Morgan fingerprint density at radius 1 is 0.400 bits per heavy atom. The Bertz CT molecular complexity index is 2220. The first-order valence-electron chi connectivity index (χ1n) is 16.9. The molecule has 6 aromatic rings. The van der Waals surface area contributed by atoms with Crippen LogP contribution < -0.4 is 23.7 Å². The van der Waals surface area contributed by atoms with E-state index in [1.165, 1.54) is 50.1 Å². The van der Waals surface area contributed by atoms with Crippen LogP contribution in [0.5, 0.6) is 28.7 Å². The van der Waals surface area contributed by atoms with E-state index in [1.54, 1.807) is 35.5 Å². The third-order valence-electron chi connectivity index (χ3n) is 11.0. The molecule has 8 rings (SSSR count). The van der Waals surface area contributed by atoms with E-state index < -0.39 is 10.8 Å². The third kappa shape index (κ3) is 4.68. The molecule has 0 aromatic heterocycles. The van der Waals surface area contributed by atoms with E-state index in [1.807, 2.05) is 12.1 Å². The summed E-state index contributed by atoms with van der Waals surface area (Å²) in [6.45, 7) is 2.38. The van der Waals surface area contributed by atoms with Gasteiger partial charge >= 0.3 is 0 Å². The largest absolute Gasteiger partial charge is 0.497 e. The summed E-state index contributed by atoms with van der Waals surface area (Å²) in [7, 11) is 8.61. The van der Waals surface area contributed by atoms with Crippen LogP contribution in [0.2, 0.25) is 0 Å². The first-order valence-corrected chi connectivity index (χ1v) is 16.9. The van der Waals surface area contributed by atoms with Gasteiger partial charge in [0, 0.05) is 10.8 Å². The summed E-state index contributed by atoms with van der Waals surface area (Å²) in [6.07, 6.45) is 0.751. The maximum Gasteiger partial charge on any atom is 0.119 e. The summed E-state index contributed by atoms with van der Waals surface area (Å²) in [5.41, 5.74) is 12.2. The zero-order chi connectivity index (χ0) is 34.6. The molecule has 0 N–H and O–H groups in total. The first kappa shape index (κ1) is 31.6. The van der Waals surface area contributed by atoms with E-state index in [-0.39, 0.29) is 0 Å². The van der Waals surface area contributed by atoms with Gasteiger partial charge in [-0.05, 0) is 140 Å². The second-order valence-corrected chi connectivity index (χ2v) is 13.4. The molecule has 50 heavy (non-hydrogen) atoms. The fourth-order valence-corrected chi connectivity index (χ4v) is 8.49. The molecule has 0 bridgehead atoms. The van der Waals surface area contributed by atoms with Gasteiger partial charge in [-0.1, -0.05) is 55.5 Å². The van der Waals surface area contributed by atoms with Crippen LogP contribution in [0, 0.1) is 0 Å². The maximum absolute atomic E-state index is 5.93. The van der Waals surface area contributed by atoms with Crippen molar-refractivity contribution < 1.29 is 23.7 Å². The zero-order valence-corrected chi connectivity index (χ0v) is 29.3. The van der Waals surface area contributed by atoms with E-state index in [0.29, 0.717) is 0 Å². The predicted octanol–water partition coefficient (Wildman–Crippen LogP) is 10.1. The molecule has 0 aliphatic heterocycles. The van der Waals surface area contributed by atoms with E-state index in [9.17, 15) is 0 Å². The van der Waals surface area contributed by atoms with Gasteiger partial charge in [0.25, 0.3) is 0 Å². The minimum atomic E-state index is -0.555. The lowest BCUT2D eigenvalue weighted by molar-refractivity contribution is 0.399. The molecule has 2 unspecified atom stereocenters. The molecule has 6 aromatic carbocycles. The average molecular weight is 661 g/mol. The number of fused-ring (bicyclic) bond motifs is 5. The quantitative estimate of drug-likeness (QED) is 0.163. The van der Waals surface area contributed by atoms with Crippen LogP contribution >= 0.6 is 0 Å². The van der Waals surface area contributed by atoms with Crippen LogP contribution in [0.15, 0.2) is 121 Å². The average Bonchev–Trinajstić information content (AvgIpc) is 3.40. The van der Waals surface area contributed by atoms with Crippen molar-refractivity contribution in [1.29, 1.82) is 0 Å². The number of ether oxygens (including phenoxy) is 5.